The van der Waals surface area contributed by atoms with Gasteiger partial charge in [0.15, 0.2) is 5.76 Å². The van der Waals surface area contributed by atoms with Gasteiger partial charge in [-0.25, -0.2) is 14.6 Å². The first kappa shape index (κ1) is 20.3. The van der Waals surface area contributed by atoms with Crippen molar-refractivity contribution in [2.24, 2.45) is 0 Å². The number of nitrogens with one attached hydrogen (secondary N) is 2. The number of benzene rings is 2. The summed E-state index contributed by atoms with van der Waals surface area (Å²) in [7, 11) is 0. The van der Waals surface area contributed by atoms with E-state index < -0.39 is 29.2 Å². The maximum atomic E-state index is 13.9. The van der Waals surface area contributed by atoms with Crippen LogP contribution in [0.4, 0.5) is 9.18 Å². The first-order valence-corrected chi connectivity index (χ1v) is 9.74. The molecule has 7 nitrogen and oxygen atoms in total. The molecule has 8 heteroatoms. The van der Waals surface area contributed by atoms with Gasteiger partial charge in [-0.3, -0.25) is 9.59 Å². The maximum absolute atomic E-state index is 13.9. The molecule has 4 rings (SSSR count). The average Bonchev–Trinajstić information content (AvgIpc) is 3.33. The Morgan fingerprint density at radius 1 is 1.06 bits per heavy atom. The summed E-state index contributed by atoms with van der Waals surface area (Å²) in [5.41, 5.74) is 2.35. The molecule has 1 aliphatic rings. The second-order valence-corrected chi connectivity index (χ2v) is 7.47. The van der Waals surface area contributed by atoms with E-state index in [1.165, 1.54) is 24.3 Å². The summed E-state index contributed by atoms with van der Waals surface area (Å²) in [4.78, 5) is 37.7. The molecule has 3 aromatic rings. The summed E-state index contributed by atoms with van der Waals surface area (Å²) in [5, 5.41) is 3.29. The van der Waals surface area contributed by atoms with Crippen LogP contribution in [0.15, 0.2) is 71.1 Å². The van der Waals surface area contributed by atoms with Crippen LogP contribution in [0.1, 0.15) is 29.5 Å². The summed E-state index contributed by atoms with van der Waals surface area (Å²) in [5.74, 6) is -1.85. The van der Waals surface area contributed by atoms with Crippen molar-refractivity contribution in [3.05, 3.63) is 83.9 Å². The fourth-order valence-electron chi connectivity index (χ4n) is 3.42. The Balaban J connectivity index is 1.44. The van der Waals surface area contributed by atoms with Crippen molar-refractivity contribution in [1.29, 1.82) is 0 Å². The molecule has 2 aromatic carbocycles. The lowest BCUT2D eigenvalue weighted by Crippen LogP contribution is -2.48. The summed E-state index contributed by atoms with van der Waals surface area (Å²) in [6.45, 7) is 1.62. The van der Waals surface area contributed by atoms with Crippen molar-refractivity contribution in [2.75, 3.05) is 0 Å². The van der Waals surface area contributed by atoms with Crippen LogP contribution in [-0.4, -0.2) is 28.4 Å². The number of hydrazine groups is 1. The number of aryl methyl sites for hydroxylation is 1. The Labute approximate surface area is 177 Å². The fourth-order valence-corrected chi connectivity index (χ4v) is 3.42. The molecule has 1 aromatic heterocycles. The van der Waals surface area contributed by atoms with Crippen LogP contribution in [0.3, 0.4) is 0 Å². The molecule has 1 fully saturated rings. The third kappa shape index (κ3) is 4.05. The van der Waals surface area contributed by atoms with Gasteiger partial charge in [0, 0.05) is 0 Å². The van der Waals surface area contributed by atoms with Gasteiger partial charge in [0.25, 0.3) is 5.91 Å². The molecule has 1 saturated heterocycles. The first-order valence-electron chi connectivity index (χ1n) is 9.74. The minimum atomic E-state index is -1.15. The number of rotatable bonds is 6. The van der Waals surface area contributed by atoms with Crippen LogP contribution in [0, 0.1) is 5.82 Å². The quantitative estimate of drug-likeness (QED) is 0.594. The summed E-state index contributed by atoms with van der Waals surface area (Å²) < 4.78 is 19.4. The summed E-state index contributed by atoms with van der Waals surface area (Å²) in [6.07, 6.45) is 0.946. The highest BCUT2D eigenvalue weighted by Gasteiger charge is 2.48. The smallest absolute Gasteiger partial charge is 0.344 e. The van der Waals surface area contributed by atoms with Gasteiger partial charge in [0.1, 0.15) is 17.1 Å². The van der Waals surface area contributed by atoms with E-state index in [1.807, 2.05) is 30.3 Å². The molecule has 0 bridgehead atoms. The van der Waals surface area contributed by atoms with Crippen molar-refractivity contribution < 1.29 is 23.2 Å². The second kappa shape index (κ2) is 8.06. The molecule has 4 amide bonds. The lowest BCUT2D eigenvalue weighted by molar-refractivity contribution is -0.132. The molecule has 0 aliphatic carbocycles. The number of imide groups is 1. The second-order valence-electron chi connectivity index (χ2n) is 7.47. The molecule has 2 N–H and O–H groups in total. The Kier molecular flexibility index (Phi) is 5.29. The number of nitrogens with zero attached hydrogens (tertiary/aromatic N) is 1. The van der Waals surface area contributed by atoms with E-state index in [4.69, 9.17) is 4.42 Å². The molecule has 0 saturated carbocycles. The molecule has 0 radical (unpaired) electrons. The molecule has 158 valence electrons. The zero-order valence-corrected chi connectivity index (χ0v) is 16.7. The summed E-state index contributed by atoms with van der Waals surface area (Å²) in [6, 6.07) is 17.6. The van der Waals surface area contributed by atoms with Crippen LogP contribution in [0.2, 0.25) is 0 Å². The van der Waals surface area contributed by atoms with Gasteiger partial charge in [-0.15, -0.1) is 0 Å². The van der Waals surface area contributed by atoms with E-state index in [0.29, 0.717) is 17.9 Å². The number of urea groups is 1. The molecular formula is C23H20FN3O4. The highest BCUT2D eigenvalue weighted by molar-refractivity contribution is 6.08. The Hall–Kier alpha value is -3.94. The molecule has 1 unspecified atom stereocenters. The van der Waals surface area contributed by atoms with Gasteiger partial charge in [-0.2, -0.15) is 5.01 Å². The van der Waals surface area contributed by atoms with Crippen LogP contribution in [-0.2, 0) is 11.2 Å². The number of hydrogen-bond acceptors (Lipinski definition) is 4. The van der Waals surface area contributed by atoms with E-state index in [0.717, 1.165) is 5.56 Å². The lowest BCUT2D eigenvalue weighted by atomic mass is 9.93. The first-order chi connectivity index (χ1) is 14.9. The topological polar surface area (TPSA) is 91.7 Å². The van der Waals surface area contributed by atoms with Crippen LogP contribution in [0.25, 0.3) is 11.3 Å². The van der Waals surface area contributed by atoms with Crippen molar-refractivity contribution in [1.82, 2.24) is 15.8 Å². The van der Waals surface area contributed by atoms with Crippen molar-refractivity contribution >= 4 is 17.8 Å². The summed E-state index contributed by atoms with van der Waals surface area (Å²) >= 11 is 0. The lowest BCUT2D eigenvalue weighted by Gasteiger charge is -2.21. The van der Waals surface area contributed by atoms with Crippen LogP contribution in [0.5, 0.6) is 0 Å². The van der Waals surface area contributed by atoms with Crippen molar-refractivity contribution in [3.8, 4) is 11.3 Å². The van der Waals surface area contributed by atoms with Gasteiger partial charge in [-0.05, 0) is 49.6 Å². The minimum Gasteiger partial charge on any atom is -0.451 e. The van der Waals surface area contributed by atoms with Gasteiger partial charge in [0.05, 0.1) is 5.56 Å². The van der Waals surface area contributed by atoms with E-state index >= 15 is 0 Å². The minimum absolute atomic E-state index is 0.156. The zero-order valence-electron chi connectivity index (χ0n) is 16.7. The Morgan fingerprint density at radius 2 is 1.77 bits per heavy atom. The number of amides is 4. The van der Waals surface area contributed by atoms with E-state index in [-0.39, 0.29) is 17.1 Å². The third-order valence-electron chi connectivity index (χ3n) is 5.20. The monoisotopic (exact) mass is 421 g/mol. The number of carbonyl (C=O) groups excluding carboxylic acids is 3. The van der Waals surface area contributed by atoms with Crippen molar-refractivity contribution in [3.63, 3.8) is 0 Å². The zero-order chi connectivity index (χ0) is 22.0. The van der Waals surface area contributed by atoms with Crippen LogP contribution >= 0.6 is 0 Å². The van der Waals surface area contributed by atoms with E-state index in [2.05, 4.69) is 10.7 Å². The third-order valence-corrected chi connectivity index (χ3v) is 5.20. The number of halogens is 1. The molecule has 1 atom stereocenters. The SMILES string of the molecule is CC1(CCc2ccccc2)NC(=O)N(NC(=O)c2ccc(-c3ccccc3F)o2)C1=O. The van der Waals surface area contributed by atoms with Gasteiger partial charge in [0.2, 0.25) is 0 Å². The Morgan fingerprint density at radius 3 is 2.52 bits per heavy atom. The van der Waals surface area contributed by atoms with Crippen molar-refractivity contribution in [2.45, 2.75) is 25.3 Å². The number of furan rings is 1. The van der Waals surface area contributed by atoms with E-state index in [9.17, 15) is 18.8 Å². The predicted molar refractivity (Wildman–Crippen MR) is 110 cm³/mol. The maximum Gasteiger partial charge on any atom is 0.344 e. The molecule has 0 spiro atoms. The van der Waals surface area contributed by atoms with Gasteiger partial charge >= 0.3 is 11.9 Å². The van der Waals surface area contributed by atoms with Gasteiger partial charge < -0.3 is 9.73 Å². The van der Waals surface area contributed by atoms with E-state index in [1.54, 1.807) is 19.1 Å². The molecule has 31 heavy (non-hydrogen) atoms. The van der Waals surface area contributed by atoms with Gasteiger partial charge in [-0.1, -0.05) is 42.5 Å². The average molecular weight is 421 g/mol. The standard InChI is InChI=1S/C23H20FN3O4/c1-23(14-13-15-7-3-2-4-8-15)21(29)27(22(30)25-23)26-20(28)19-12-11-18(31-19)16-9-5-6-10-17(16)24/h2-12H,13-14H2,1H3,(H,25,30)(H,26,28). The largest absolute Gasteiger partial charge is 0.451 e. The highest BCUT2D eigenvalue weighted by Crippen LogP contribution is 2.26. The fraction of sp³-hybridized carbons (Fsp3) is 0.174. The predicted octanol–water partition coefficient (Wildman–Crippen LogP) is 3.67. The molecular weight excluding hydrogens is 401 g/mol. The Bertz CT molecular complexity index is 1140. The number of hydrogen-bond donors (Lipinski definition) is 2. The molecule has 1 aliphatic heterocycles. The van der Waals surface area contributed by atoms with Crippen LogP contribution < -0.4 is 10.7 Å². The highest BCUT2D eigenvalue weighted by atomic mass is 19.1. The normalized spacial score (nSPS) is 18.2. The molecule has 2 heterocycles. The number of carbonyl (C=O) groups is 3.